The third-order valence-electron chi connectivity index (χ3n) is 8.56. The monoisotopic (exact) mass is 824 g/mol. The zero-order valence-electron chi connectivity index (χ0n) is 33.2. The molecule has 0 aliphatic carbocycles. The molecule has 0 radical (unpaired) electrons. The number of ether oxygens (including phenoxy) is 10. The van der Waals surface area contributed by atoms with Crippen molar-refractivity contribution in [2.24, 2.45) is 0 Å². The standard InChI is InChI=1S/C36H48N4O18/c1-19(41)49-15-27-29(51-21(3)43)31(53-23(5)45)33(55-25(7)47)35(57-27)39-13-11-37(17-39)9-10-38-12-14-40(18-38)36-34(56-26(8)48)32(54-24(6)46)30(52-22(4)44)28(58-36)16-50-20(2)42/h11-14,17-18,27-36H,9-10,15-16H2,1-8H3/q+2/t27-,28-,29-,30-,31+,32+,33-,34-,35-,36-/m1/s1. The first kappa shape index (κ1) is 44.8. The first-order valence-corrected chi connectivity index (χ1v) is 18.1. The molecule has 2 aromatic rings. The third kappa shape index (κ3) is 12.3. The van der Waals surface area contributed by atoms with E-state index in [2.05, 4.69) is 0 Å². The lowest BCUT2D eigenvalue weighted by Gasteiger charge is -2.42. The Kier molecular flexibility index (Phi) is 15.4. The number of hydrogen-bond donors (Lipinski definition) is 0. The van der Waals surface area contributed by atoms with E-state index in [1.807, 2.05) is 0 Å². The molecule has 0 N–H and O–H groups in total. The summed E-state index contributed by atoms with van der Waals surface area (Å²) in [5.41, 5.74) is 0. The SMILES string of the molecule is CC(=O)OC[C@H]1O[C@@H](n2cc[n+](CC[n+]3ccn([C@@H]4O[C@H](COC(C)=O)[C@@H](OC(C)=O)[C@H](OC(C)=O)[C@H]4OC(C)=O)c3)c2)[C@H](OC(C)=O)[C@@H](OC(C)=O)[C@@H]1OC(C)=O. The average molecular weight is 825 g/mol. The van der Waals surface area contributed by atoms with Crippen LogP contribution >= 0.6 is 0 Å². The van der Waals surface area contributed by atoms with Crippen LogP contribution in [-0.2, 0) is 98.8 Å². The van der Waals surface area contributed by atoms with Gasteiger partial charge in [0.05, 0.1) is 0 Å². The Balaban J connectivity index is 1.60. The van der Waals surface area contributed by atoms with Gasteiger partial charge in [-0.3, -0.25) is 38.4 Å². The zero-order valence-corrected chi connectivity index (χ0v) is 33.2. The maximum absolute atomic E-state index is 12.3. The van der Waals surface area contributed by atoms with Crippen LogP contribution in [0.15, 0.2) is 37.4 Å². The predicted molar refractivity (Wildman–Crippen MR) is 184 cm³/mol. The van der Waals surface area contributed by atoms with Crippen molar-refractivity contribution < 1.29 is 94.9 Å². The number of carbonyl (C=O) groups excluding carboxylic acids is 8. The Bertz CT molecular complexity index is 1710. The Morgan fingerprint density at radius 3 is 1.03 bits per heavy atom. The molecule has 0 unspecified atom stereocenters. The van der Waals surface area contributed by atoms with Crippen molar-refractivity contribution in [2.75, 3.05) is 13.2 Å². The van der Waals surface area contributed by atoms with Gasteiger partial charge in [-0.2, -0.15) is 0 Å². The fourth-order valence-corrected chi connectivity index (χ4v) is 6.51. The Hall–Kier alpha value is -5.90. The minimum Gasteiger partial charge on any atom is -0.463 e. The molecule has 10 atom stereocenters. The van der Waals surface area contributed by atoms with Gasteiger partial charge in [0, 0.05) is 55.4 Å². The highest BCUT2D eigenvalue weighted by molar-refractivity contribution is 5.70. The summed E-state index contributed by atoms with van der Waals surface area (Å²) in [6, 6.07) is 0. The molecule has 4 heterocycles. The number of nitrogens with zero attached hydrogens (tertiary/aromatic N) is 4. The topological polar surface area (TPSA) is 246 Å². The molecular weight excluding hydrogens is 776 g/mol. The van der Waals surface area contributed by atoms with Crippen molar-refractivity contribution in [2.45, 2.75) is 130 Å². The van der Waals surface area contributed by atoms with Gasteiger partial charge < -0.3 is 47.4 Å². The van der Waals surface area contributed by atoms with E-state index in [9.17, 15) is 38.4 Å². The van der Waals surface area contributed by atoms with Crippen molar-refractivity contribution in [1.82, 2.24) is 9.13 Å². The third-order valence-corrected chi connectivity index (χ3v) is 8.56. The molecule has 0 bridgehead atoms. The van der Waals surface area contributed by atoms with E-state index >= 15 is 0 Å². The molecule has 0 spiro atoms. The summed E-state index contributed by atoms with van der Waals surface area (Å²) in [5, 5.41) is 0. The lowest BCUT2D eigenvalue weighted by Crippen LogP contribution is -2.60. The normalized spacial score (nSPS) is 26.6. The molecule has 0 aromatic carbocycles. The van der Waals surface area contributed by atoms with Gasteiger partial charge in [-0.05, 0) is 0 Å². The van der Waals surface area contributed by atoms with Crippen LogP contribution in [-0.4, -0.2) is 119 Å². The second kappa shape index (κ2) is 20.0. The Labute approximate surface area is 332 Å². The molecule has 318 valence electrons. The number of rotatable bonds is 15. The largest absolute Gasteiger partial charge is 0.463 e. The fraction of sp³-hybridized carbons (Fsp3) is 0.611. The number of imidazole rings is 2. The van der Waals surface area contributed by atoms with Crippen LogP contribution in [0.25, 0.3) is 0 Å². The average Bonchev–Trinajstić information content (AvgIpc) is 3.78. The van der Waals surface area contributed by atoms with Crippen LogP contribution in [0.3, 0.4) is 0 Å². The van der Waals surface area contributed by atoms with Gasteiger partial charge in [0.2, 0.25) is 37.3 Å². The van der Waals surface area contributed by atoms with Gasteiger partial charge in [0.1, 0.15) is 63.3 Å². The lowest BCUT2D eigenvalue weighted by molar-refractivity contribution is -0.778. The van der Waals surface area contributed by atoms with Gasteiger partial charge in [-0.15, -0.1) is 0 Å². The molecule has 22 heteroatoms. The molecular formula is C36H48N4O18+2. The van der Waals surface area contributed by atoms with Crippen molar-refractivity contribution in [3.05, 3.63) is 37.4 Å². The number of aryl methyl sites for hydroxylation is 2. The van der Waals surface area contributed by atoms with E-state index in [1.165, 1.54) is 13.8 Å². The minimum atomic E-state index is -1.35. The second-order valence-electron chi connectivity index (χ2n) is 13.4. The summed E-state index contributed by atoms with van der Waals surface area (Å²) in [4.78, 5) is 96.7. The smallest absolute Gasteiger partial charge is 0.303 e. The van der Waals surface area contributed by atoms with Crippen LogP contribution in [0.1, 0.15) is 67.8 Å². The molecule has 22 nitrogen and oxygen atoms in total. The molecule has 0 saturated carbocycles. The molecule has 2 fully saturated rings. The number of carbonyl (C=O) groups is 8. The number of hydrogen-bond acceptors (Lipinski definition) is 18. The summed E-state index contributed by atoms with van der Waals surface area (Å²) < 4.78 is 62.5. The van der Waals surface area contributed by atoms with Crippen LogP contribution in [0.5, 0.6) is 0 Å². The molecule has 2 saturated heterocycles. The van der Waals surface area contributed by atoms with Crippen LogP contribution in [0.4, 0.5) is 0 Å². The maximum atomic E-state index is 12.3. The molecule has 2 aromatic heterocycles. The van der Waals surface area contributed by atoms with E-state index in [0.29, 0.717) is 13.1 Å². The van der Waals surface area contributed by atoms with Crippen molar-refractivity contribution in [3.8, 4) is 0 Å². The van der Waals surface area contributed by atoms with Crippen LogP contribution < -0.4 is 9.13 Å². The Morgan fingerprint density at radius 1 is 0.448 bits per heavy atom. The van der Waals surface area contributed by atoms with Crippen LogP contribution in [0, 0.1) is 0 Å². The summed E-state index contributed by atoms with van der Waals surface area (Å²) in [6.45, 7) is 9.05. The fourth-order valence-electron chi connectivity index (χ4n) is 6.51. The van der Waals surface area contributed by atoms with E-state index in [1.54, 1.807) is 55.7 Å². The summed E-state index contributed by atoms with van der Waals surface area (Å²) >= 11 is 0. The molecule has 2 aliphatic heterocycles. The zero-order chi connectivity index (χ0) is 42.8. The van der Waals surface area contributed by atoms with Gasteiger partial charge >= 0.3 is 47.8 Å². The van der Waals surface area contributed by atoms with E-state index < -0.39 is 109 Å². The molecule has 0 amide bonds. The van der Waals surface area contributed by atoms with E-state index in [0.717, 1.165) is 41.5 Å². The van der Waals surface area contributed by atoms with E-state index in [-0.39, 0.29) is 13.2 Å². The quantitative estimate of drug-likeness (QED) is 0.120. The van der Waals surface area contributed by atoms with Gasteiger partial charge in [-0.1, -0.05) is 0 Å². The highest BCUT2D eigenvalue weighted by atomic mass is 16.7. The highest BCUT2D eigenvalue weighted by Gasteiger charge is 2.56. The predicted octanol–water partition coefficient (Wildman–Crippen LogP) is -0.924. The summed E-state index contributed by atoms with van der Waals surface area (Å²) in [7, 11) is 0. The molecule has 4 rings (SSSR count). The summed E-state index contributed by atoms with van der Waals surface area (Å²) in [5.74, 6) is -5.81. The first-order chi connectivity index (χ1) is 27.3. The van der Waals surface area contributed by atoms with Gasteiger partial charge in [0.15, 0.2) is 24.4 Å². The molecule has 58 heavy (non-hydrogen) atoms. The van der Waals surface area contributed by atoms with Gasteiger partial charge in [0.25, 0.3) is 0 Å². The van der Waals surface area contributed by atoms with Gasteiger partial charge in [-0.25, -0.2) is 18.3 Å². The number of aromatic nitrogens is 4. The minimum absolute atomic E-state index is 0.325. The van der Waals surface area contributed by atoms with E-state index in [4.69, 9.17) is 47.4 Å². The first-order valence-electron chi connectivity index (χ1n) is 18.1. The van der Waals surface area contributed by atoms with Crippen molar-refractivity contribution >= 4 is 47.8 Å². The number of esters is 8. The Morgan fingerprint density at radius 2 is 0.741 bits per heavy atom. The second-order valence-corrected chi connectivity index (χ2v) is 13.4. The highest BCUT2D eigenvalue weighted by Crippen LogP contribution is 2.36. The lowest BCUT2D eigenvalue weighted by atomic mass is 9.97. The van der Waals surface area contributed by atoms with Crippen molar-refractivity contribution in [1.29, 1.82) is 0 Å². The maximum Gasteiger partial charge on any atom is 0.303 e. The van der Waals surface area contributed by atoms with Crippen LogP contribution in [0.2, 0.25) is 0 Å². The van der Waals surface area contributed by atoms with Crippen molar-refractivity contribution in [3.63, 3.8) is 0 Å². The summed E-state index contributed by atoms with van der Waals surface area (Å²) in [6.07, 6.45) is -2.73. The molecule has 2 aliphatic rings.